The third kappa shape index (κ3) is 5.56. The number of piperazine rings is 1. The normalized spacial score (nSPS) is 14.5. The zero-order valence-corrected chi connectivity index (χ0v) is 17.4. The van der Waals surface area contributed by atoms with Gasteiger partial charge in [0.25, 0.3) is 0 Å². The highest BCUT2D eigenvalue weighted by atomic mass is 16.2. The lowest BCUT2D eigenvalue weighted by atomic mass is 10.1. The van der Waals surface area contributed by atoms with E-state index in [1.54, 1.807) is 29.2 Å². The summed E-state index contributed by atoms with van der Waals surface area (Å²) in [7, 11) is 0. The second-order valence-corrected chi connectivity index (χ2v) is 7.46. The molecule has 1 N–H and O–H groups in total. The molecular weight excluding hydrogens is 376 g/mol. The van der Waals surface area contributed by atoms with Gasteiger partial charge in [0.2, 0.25) is 11.8 Å². The number of anilines is 1. The van der Waals surface area contributed by atoms with Gasteiger partial charge in [0.1, 0.15) is 0 Å². The van der Waals surface area contributed by atoms with Gasteiger partial charge < -0.3 is 10.2 Å². The molecule has 1 saturated heterocycles. The van der Waals surface area contributed by atoms with Gasteiger partial charge in [0.15, 0.2) is 0 Å². The van der Waals surface area contributed by atoms with Crippen LogP contribution in [0.25, 0.3) is 6.08 Å². The highest BCUT2D eigenvalue weighted by Crippen LogP contribution is 2.18. The number of nitrogens with one attached hydrogen (secondary N) is 1. The molecule has 1 heterocycles. The van der Waals surface area contributed by atoms with Gasteiger partial charge in [0.05, 0.1) is 18.2 Å². The van der Waals surface area contributed by atoms with Crippen LogP contribution in [-0.2, 0) is 9.59 Å². The average Bonchev–Trinajstić information content (AvgIpc) is 2.76. The van der Waals surface area contributed by atoms with Gasteiger partial charge in [-0.2, -0.15) is 5.26 Å². The molecule has 0 radical (unpaired) electrons. The molecule has 0 unspecified atom stereocenters. The van der Waals surface area contributed by atoms with Crippen molar-refractivity contribution in [3.63, 3.8) is 0 Å². The largest absolute Gasteiger partial charge is 0.337 e. The van der Waals surface area contributed by atoms with Gasteiger partial charge in [-0.05, 0) is 54.8 Å². The van der Waals surface area contributed by atoms with Crippen LogP contribution in [0.2, 0.25) is 0 Å². The number of aryl methyl sites for hydroxylation is 1. The SMILES string of the molecule is Cc1cccc(NC(=O)CN2CCN(C(=O)/C=C/c3ccc(C#N)cc3)CC2)c1C. The molecule has 6 heteroatoms. The lowest BCUT2D eigenvalue weighted by Crippen LogP contribution is -2.50. The molecule has 0 aliphatic carbocycles. The molecule has 1 aliphatic rings. The Kier molecular flexibility index (Phi) is 6.99. The molecule has 1 aliphatic heterocycles. The molecule has 2 amide bonds. The van der Waals surface area contributed by atoms with Gasteiger partial charge in [-0.1, -0.05) is 24.3 Å². The van der Waals surface area contributed by atoms with Crippen molar-refractivity contribution >= 4 is 23.6 Å². The number of nitrogens with zero attached hydrogens (tertiary/aromatic N) is 3. The first kappa shape index (κ1) is 21.3. The minimum Gasteiger partial charge on any atom is -0.337 e. The Morgan fingerprint density at radius 1 is 1.07 bits per heavy atom. The molecule has 6 nitrogen and oxygen atoms in total. The van der Waals surface area contributed by atoms with Crippen LogP contribution in [-0.4, -0.2) is 54.3 Å². The van der Waals surface area contributed by atoms with E-state index in [2.05, 4.69) is 16.3 Å². The Labute approximate surface area is 177 Å². The van der Waals surface area contributed by atoms with Crippen molar-refractivity contribution in [2.75, 3.05) is 38.0 Å². The topological polar surface area (TPSA) is 76.4 Å². The van der Waals surface area contributed by atoms with E-state index in [-0.39, 0.29) is 11.8 Å². The lowest BCUT2D eigenvalue weighted by Gasteiger charge is -2.33. The number of rotatable bonds is 5. The number of nitriles is 1. The van der Waals surface area contributed by atoms with E-state index < -0.39 is 0 Å². The number of hydrogen-bond acceptors (Lipinski definition) is 4. The third-order valence-corrected chi connectivity index (χ3v) is 5.39. The molecular formula is C24H26N4O2. The maximum absolute atomic E-state index is 12.4. The molecule has 0 spiro atoms. The van der Waals surface area contributed by atoms with E-state index >= 15 is 0 Å². The molecule has 154 valence electrons. The number of hydrogen-bond donors (Lipinski definition) is 1. The summed E-state index contributed by atoms with van der Waals surface area (Å²) in [4.78, 5) is 28.7. The summed E-state index contributed by atoms with van der Waals surface area (Å²) in [5, 5.41) is 11.8. The second-order valence-electron chi connectivity index (χ2n) is 7.46. The summed E-state index contributed by atoms with van der Waals surface area (Å²) in [5.74, 6) is -0.0805. The van der Waals surface area contributed by atoms with Crippen molar-refractivity contribution in [1.29, 1.82) is 5.26 Å². The Morgan fingerprint density at radius 3 is 2.43 bits per heavy atom. The first-order valence-electron chi connectivity index (χ1n) is 10.0. The first-order chi connectivity index (χ1) is 14.5. The van der Waals surface area contributed by atoms with Crippen molar-refractivity contribution < 1.29 is 9.59 Å². The van der Waals surface area contributed by atoms with Crippen LogP contribution in [0.5, 0.6) is 0 Å². The number of amides is 2. The summed E-state index contributed by atoms with van der Waals surface area (Å²) in [6.07, 6.45) is 3.32. The third-order valence-electron chi connectivity index (χ3n) is 5.39. The van der Waals surface area contributed by atoms with Crippen molar-refractivity contribution in [3.8, 4) is 6.07 Å². The summed E-state index contributed by atoms with van der Waals surface area (Å²) in [5.41, 5.74) is 4.55. The monoisotopic (exact) mass is 402 g/mol. The van der Waals surface area contributed by atoms with E-state index in [0.29, 0.717) is 38.3 Å². The van der Waals surface area contributed by atoms with Crippen LogP contribution >= 0.6 is 0 Å². The summed E-state index contributed by atoms with van der Waals surface area (Å²) in [6.45, 7) is 6.85. The van der Waals surface area contributed by atoms with Gasteiger partial charge in [-0.3, -0.25) is 14.5 Å². The quantitative estimate of drug-likeness (QED) is 0.780. The Bertz CT molecular complexity index is 981. The van der Waals surface area contributed by atoms with Gasteiger partial charge in [-0.25, -0.2) is 0 Å². The summed E-state index contributed by atoms with van der Waals surface area (Å²) < 4.78 is 0. The molecule has 30 heavy (non-hydrogen) atoms. The van der Waals surface area contributed by atoms with Crippen molar-refractivity contribution in [2.45, 2.75) is 13.8 Å². The molecule has 0 saturated carbocycles. The van der Waals surface area contributed by atoms with Crippen LogP contribution in [0.1, 0.15) is 22.3 Å². The predicted molar refractivity (Wildman–Crippen MR) is 118 cm³/mol. The number of carbonyl (C=O) groups is 2. The van der Waals surface area contributed by atoms with Crippen molar-refractivity contribution in [2.24, 2.45) is 0 Å². The maximum Gasteiger partial charge on any atom is 0.246 e. The molecule has 0 aromatic heterocycles. The number of benzene rings is 2. The average molecular weight is 402 g/mol. The summed E-state index contributed by atoms with van der Waals surface area (Å²) in [6, 6.07) is 15.0. The maximum atomic E-state index is 12.4. The van der Waals surface area contributed by atoms with E-state index in [0.717, 1.165) is 22.4 Å². The summed E-state index contributed by atoms with van der Waals surface area (Å²) >= 11 is 0. The fourth-order valence-corrected chi connectivity index (χ4v) is 3.35. The Balaban J connectivity index is 1.46. The first-order valence-corrected chi connectivity index (χ1v) is 10.0. The van der Waals surface area contributed by atoms with Gasteiger partial charge >= 0.3 is 0 Å². The molecule has 2 aromatic carbocycles. The molecule has 1 fully saturated rings. The van der Waals surface area contributed by atoms with E-state index in [4.69, 9.17) is 5.26 Å². The van der Waals surface area contributed by atoms with E-state index in [1.165, 1.54) is 0 Å². The second kappa shape index (κ2) is 9.86. The van der Waals surface area contributed by atoms with E-state index in [9.17, 15) is 9.59 Å². The predicted octanol–water partition coefficient (Wildman–Crippen LogP) is 2.97. The van der Waals surface area contributed by atoms with Crippen LogP contribution in [0, 0.1) is 25.2 Å². The Hall–Kier alpha value is -3.43. The van der Waals surface area contributed by atoms with Gasteiger partial charge in [-0.15, -0.1) is 0 Å². The number of carbonyl (C=O) groups excluding carboxylic acids is 2. The molecule has 2 aromatic rings. The lowest BCUT2D eigenvalue weighted by molar-refractivity contribution is -0.127. The highest BCUT2D eigenvalue weighted by molar-refractivity contribution is 5.93. The minimum atomic E-state index is -0.0427. The highest BCUT2D eigenvalue weighted by Gasteiger charge is 2.21. The van der Waals surface area contributed by atoms with Crippen molar-refractivity contribution in [3.05, 3.63) is 70.8 Å². The molecule has 0 atom stereocenters. The van der Waals surface area contributed by atoms with Crippen LogP contribution in [0.4, 0.5) is 5.69 Å². The Morgan fingerprint density at radius 2 is 1.77 bits per heavy atom. The smallest absolute Gasteiger partial charge is 0.246 e. The van der Waals surface area contributed by atoms with Crippen LogP contribution in [0.15, 0.2) is 48.5 Å². The fourth-order valence-electron chi connectivity index (χ4n) is 3.35. The van der Waals surface area contributed by atoms with E-state index in [1.807, 2.05) is 44.2 Å². The molecule has 3 rings (SSSR count). The fraction of sp³-hybridized carbons (Fsp3) is 0.292. The van der Waals surface area contributed by atoms with Gasteiger partial charge in [0, 0.05) is 37.9 Å². The zero-order chi connectivity index (χ0) is 21.5. The molecule has 0 bridgehead atoms. The van der Waals surface area contributed by atoms with Crippen LogP contribution in [0.3, 0.4) is 0 Å². The van der Waals surface area contributed by atoms with Crippen LogP contribution < -0.4 is 5.32 Å². The zero-order valence-electron chi connectivity index (χ0n) is 17.4. The van der Waals surface area contributed by atoms with Crippen molar-refractivity contribution in [1.82, 2.24) is 9.80 Å². The minimum absolute atomic E-state index is 0.0378. The standard InChI is InChI=1S/C24H26N4O2/c1-18-4-3-5-22(19(18)2)26-23(29)17-27-12-14-28(15-13-27)24(30)11-10-20-6-8-21(16-25)9-7-20/h3-11H,12-15,17H2,1-2H3,(H,26,29)/b11-10+.